The van der Waals surface area contributed by atoms with E-state index in [1.54, 1.807) is 0 Å². The second-order valence-electron chi connectivity index (χ2n) is 4.93. The first kappa shape index (κ1) is 14.3. The molecule has 5 heteroatoms. The van der Waals surface area contributed by atoms with Crippen molar-refractivity contribution in [2.45, 2.75) is 19.9 Å². The molecule has 0 aromatic heterocycles. The van der Waals surface area contributed by atoms with Gasteiger partial charge in [0.15, 0.2) is 0 Å². The number of rotatable bonds is 3. The van der Waals surface area contributed by atoms with Gasteiger partial charge < -0.3 is 10.6 Å². The van der Waals surface area contributed by atoms with E-state index in [-0.39, 0.29) is 11.9 Å². The lowest BCUT2D eigenvalue weighted by Gasteiger charge is -2.31. The van der Waals surface area contributed by atoms with E-state index in [9.17, 15) is 4.79 Å². The number of hydrogen-bond donors (Lipinski definition) is 2. The van der Waals surface area contributed by atoms with Crippen molar-refractivity contribution in [3.8, 4) is 0 Å². The molecule has 4 nitrogen and oxygen atoms in total. The van der Waals surface area contributed by atoms with Crippen LogP contribution in [0.25, 0.3) is 0 Å². The topological polar surface area (TPSA) is 44.4 Å². The fourth-order valence-corrected chi connectivity index (χ4v) is 2.48. The second kappa shape index (κ2) is 6.37. The molecule has 1 heterocycles. The minimum Gasteiger partial charge on any atom is -0.323 e. The molecule has 0 bridgehead atoms. The minimum absolute atomic E-state index is 0.00680. The molecule has 2 rings (SSSR count). The Kier molecular flexibility index (Phi) is 4.80. The Bertz CT molecular complexity index is 458. The van der Waals surface area contributed by atoms with Gasteiger partial charge >= 0.3 is 0 Å². The Morgan fingerprint density at radius 1 is 1.42 bits per heavy atom. The zero-order chi connectivity index (χ0) is 13.8. The van der Waals surface area contributed by atoms with Crippen LogP contribution in [0.5, 0.6) is 0 Å². The summed E-state index contributed by atoms with van der Waals surface area (Å²) in [5, 5.41) is 6.76. The van der Waals surface area contributed by atoms with Crippen LogP contribution in [-0.2, 0) is 4.79 Å². The number of amides is 1. The lowest BCUT2D eigenvalue weighted by molar-refractivity contribution is -0.120. The highest BCUT2D eigenvalue weighted by Gasteiger charge is 2.23. The number of piperazine rings is 1. The van der Waals surface area contributed by atoms with Gasteiger partial charge in [0.1, 0.15) is 0 Å². The van der Waals surface area contributed by atoms with Gasteiger partial charge in [0.05, 0.1) is 16.8 Å². The summed E-state index contributed by atoms with van der Waals surface area (Å²) in [6, 6.07) is 5.50. The molecular formula is C14H20ClN3O. The molecule has 2 N–H and O–H groups in total. The van der Waals surface area contributed by atoms with Crippen molar-refractivity contribution in [1.29, 1.82) is 0 Å². The van der Waals surface area contributed by atoms with Gasteiger partial charge in [0.25, 0.3) is 0 Å². The zero-order valence-electron chi connectivity index (χ0n) is 11.4. The molecular weight excluding hydrogens is 262 g/mol. The summed E-state index contributed by atoms with van der Waals surface area (Å²) >= 11 is 6.13. The summed E-state index contributed by atoms with van der Waals surface area (Å²) in [4.78, 5) is 14.4. The molecule has 0 aliphatic carbocycles. The second-order valence-corrected chi connectivity index (χ2v) is 5.34. The molecule has 1 unspecified atom stereocenters. The van der Waals surface area contributed by atoms with E-state index in [0.29, 0.717) is 10.7 Å². The van der Waals surface area contributed by atoms with Gasteiger partial charge in [0.2, 0.25) is 5.91 Å². The SMILES string of the molecule is Cc1ccc(NC(=O)C(C)N2CCNCC2)c(Cl)c1. The first-order chi connectivity index (χ1) is 9.08. The molecule has 1 aliphatic heterocycles. The highest BCUT2D eigenvalue weighted by atomic mass is 35.5. The van der Waals surface area contributed by atoms with Gasteiger partial charge in [-0.25, -0.2) is 0 Å². The quantitative estimate of drug-likeness (QED) is 0.889. The van der Waals surface area contributed by atoms with E-state index in [4.69, 9.17) is 11.6 Å². The molecule has 1 atom stereocenters. The fraction of sp³-hybridized carbons (Fsp3) is 0.500. The summed E-state index contributed by atoms with van der Waals surface area (Å²) in [6.45, 7) is 7.57. The van der Waals surface area contributed by atoms with Crippen molar-refractivity contribution >= 4 is 23.2 Å². The van der Waals surface area contributed by atoms with Crippen LogP contribution in [0.3, 0.4) is 0 Å². The lowest BCUT2D eigenvalue weighted by Crippen LogP contribution is -2.51. The van der Waals surface area contributed by atoms with E-state index in [1.807, 2.05) is 32.0 Å². The Morgan fingerprint density at radius 2 is 2.11 bits per heavy atom. The highest BCUT2D eigenvalue weighted by molar-refractivity contribution is 6.33. The maximum Gasteiger partial charge on any atom is 0.241 e. The summed E-state index contributed by atoms with van der Waals surface area (Å²) in [7, 11) is 0. The first-order valence-electron chi connectivity index (χ1n) is 6.59. The van der Waals surface area contributed by atoms with Crippen LogP contribution in [-0.4, -0.2) is 43.0 Å². The predicted molar refractivity (Wildman–Crippen MR) is 78.7 cm³/mol. The van der Waals surface area contributed by atoms with Crippen molar-refractivity contribution in [2.24, 2.45) is 0 Å². The average Bonchev–Trinajstić information content (AvgIpc) is 2.42. The Morgan fingerprint density at radius 3 is 2.74 bits per heavy atom. The van der Waals surface area contributed by atoms with E-state index in [2.05, 4.69) is 15.5 Å². The van der Waals surface area contributed by atoms with E-state index >= 15 is 0 Å². The molecule has 19 heavy (non-hydrogen) atoms. The molecule has 0 saturated carbocycles. The third-order valence-electron chi connectivity index (χ3n) is 3.46. The molecule has 1 saturated heterocycles. The number of aryl methyl sites for hydroxylation is 1. The number of nitrogens with zero attached hydrogens (tertiary/aromatic N) is 1. The van der Waals surface area contributed by atoms with E-state index in [1.165, 1.54) is 0 Å². The number of anilines is 1. The van der Waals surface area contributed by atoms with Gasteiger partial charge in [-0.3, -0.25) is 9.69 Å². The van der Waals surface area contributed by atoms with Gasteiger partial charge in [-0.1, -0.05) is 17.7 Å². The average molecular weight is 282 g/mol. The molecule has 104 valence electrons. The van der Waals surface area contributed by atoms with Crippen LogP contribution in [0.4, 0.5) is 5.69 Å². The summed E-state index contributed by atoms with van der Waals surface area (Å²) in [5.41, 5.74) is 1.76. The smallest absolute Gasteiger partial charge is 0.241 e. The maximum absolute atomic E-state index is 12.2. The highest BCUT2D eigenvalue weighted by Crippen LogP contribution is 2.23. The number of carbonyl (C=O) groups excluding carboxylic acids is 1. The molecule has 1 aromatic carbocycles. The Hall–Kier alpha value is -1.10. The molecule has 1 aromatic rings. The summed E-state index contributed by atoms with van der Waals surface area (Å²) in [5.74, 6) is -0.00680. The molecule has 0 spiro atoms. The molecule has 1 aliphatic rings. The van der Waals surface area contributed by atoms with Crippen molar-refractivity contribution in [3.05, 3.63) is 28.8 Å². The standard InChI is InChI=1S/C14H20ClN3O/c1-10-3-4-13(12(15)9-10)17-14(19)11(2)18-7-5-16-6-8-18/h3-4,9,11,16H,5-8H2,1-2H3,(H,17,19). The van der Waals surface area contributed by atoms with Crippen LogP contribution in [0.15, 0.2) is 18.2 Å². The van der Waals surface area contributed by atoms with E-state index < -0.39 is 0 Å². The number of benzene rings is 1. The van der Waals surface area contributed by atoms with Crippen molar-refractivity contribution in [2.75, 3.05) is 31.5 Å². The third kappa shape index (κ3) is 3.69. The normalized spacial score (nSPS) is 18.1. The van der Waals surface area contributed by atoms with Crippen molar-refractivity contribution < 1.29 is 4.79 Å². The van der Waals surface area contributed by atoms with Crippen molar-refractivity contribution in [3.63, 3.8) is 0 Å². The molecule has 1 amide bonds. The zero-order valence-corrected chi connectivity index (χ0v) is 12.1. The summed E-state index contributed by atoms with van der Waals surface area (Å²) in [6.07, 6.45) is 0. The minimum atomic E-state index is -0.139. The number of hydrogen-bond acceptors (Lipinski definition) is 3. The Balaban J connectivity index is 1.99. The number of nitrogens with one attached hydrogen (secondary N) is 2. The molecule has 0 radical (unpaired) electrons. The van der Waals surface area contributed by atoms with Crippen LogP contribution >= 0.6 is 11.6 Å². The first-order valence-corrected chi connectivity index (χ1v) is 6.97. The predicted octanol–water partition coefficient (Wildman–Crippen LogP) is 1.88. The van der Waals surface area contributed by atoms with E-state index in [0.717, 1.165) is 31.7 Å². The largest absolute Gasteiger partial charge is 0.323 e. The number of halogens is 1. The van der Waals surface area contributed by atoms with Crippen LogP contribution in [0.1, 0.15) is 12.5 Å². The van der Waals surface area contributed by atoms with Gasteiger partial charge in [0, 0.05) is 26.2 Å². The van der Waals surface area contributed by atoms with Crippen LogP contribution < -0.4 is 10.6 Å². The monoisotopic (exact) mass is 281 g/mol. The number of carbonyl (C=O) groups is 1. The molecule has 1 fully saturated rings. The summed E-state index contributed by atoms with van der Waals surface area (Å²) < 4.78 is 0. The van der Waals surface area contributed by atoms with Crippen LogP contribution in [0.2, 0.25) is 5.02 Å². The van der Waals surface area contributed by atoms with Gasteiger partial charge in [-0.05, 0) is 31.5 Å². The van der Waals surface area contributed by atoms with Crippen LogP contribution in [0, 0.1) is 6.92 Å². The Labute approximate surface area is 119 Å². The van der Waals surface area contributed by atoms with Gasteiger partial charge in [-0.2, -0.15) is 0 Å². The lowest BCUT2D eigenvalue weighted by atomic mass is 10.2. The van der Waals surface area contributed by atoms with Gasteiger partial charge in [-0.15, -0.1) is 0 Å². The maximum atomic E-state index is 12.2. The fourth-order valence-electron chi connectivity index (χ4n) is 2.19. The third-order valence-corrected chi connectivity index (χ3v) is 3.77. The van der Waals surface area contributed by atoms with Crippen molar-refractivity contribution in [1.82, 2.24) is 10.2 Å².